The Balaban J connectivity index is 0.00000898. The van der Waals surface area contributed by atoms with Crippen LogP contribution in [0.25, 0.3) is 0 Å². The van der Waals surface area contributed by atoms with Gasteiger partial charge in [-0.25, -0.2) is 4.79 Å². The summed E-state index contributed by atoms with van der Waals surface area (Å²) in [7, 11) is 0. The fourth-order valence-corrected chi connectivity index (χ4v) is 10.9. The maximum atomic E-state index is 14.8. The summed E-state index contributed by atoms with van der Waals surface area (Å²) < 4.78 is 18.9. The molecule has 0 aromatic heterocycles. The molecular formula is C53H85NO10. The van der Waals surface area contributed by atoms with Gasteiger partial charge in [-0.2, -0.15) is 0 Å². The van der Waals surface area contributed by atoms with E-state index in [1.807, 2.05) is 39.0 Å². The molecule has 4 heterocycles. The van der Waals surface area contributed by atoms with E-state index in [1.54, 1.807) is 26.8 Å². The van der Waals surface area contributed by atoms with Crippen LogP contribution in [0.3, 0.4) is 0 Å². The molecule has 1 amide bonds. The number of ether oxygens (including phenoxy) is 3. The van der Waals surface area contributed by atoms with Crippen LogP contribution in [0.15, 0.2) is 47.6 Å². The Hall–Kier alpha value is -2.96. The molecule has 4 aliphatic heterocycles. The predicted octanol–water partition coefficient (Wildman–Crippen LogP) is 8.88. The summed E-state index contributed by atoms with van der Waals surface area (Å²) >= 11 is 0. The van der Waals surface area contributed by atoms with Crippen molar-refractivity contribution < 1.29 is 48.7 Å². The van der Waals surface area contributed by atoms with Crippen molar-refractivity contribution >= 4 is 23.4 Å². The minimum Gasteiger partial charge on any atom is -0.460 e. The third-order valence-corrected chi connectivity index (χ3v) is 15.6. The number of cyclic esters (lactones) is 1. The molecule has 1 aliphatic carbocycles. The van der Waals surface area contributed by atoms with Crippen molar-refractivity contribution in [1.29, 1.82) is 0 Å². The molecule has 11 heteroatoms. The monoisotopic (exact) mass is 896 g/mol. The van der Waals surface area contributed by atoms with Crippen LogP contribution in [0, 0.1) is 53.3 Å². The summed E-state index contributed by atoms with van der Waals surface area (Å²) in [4.78, 5) is 58.5. The highest BCUT2D eigenvalue weighted by atomic mass is 16.7. The second-order valence-corrected chi connectivity index (χ2v) is 20.9. The molecular weight excluding hydrogens is 811 g/mol. The Morgan fingerprint density at radius 1 is 0.844 bits per heavy atom. The van der Waals surface area contributed by atoms with Gasteiger partial charge in [-0.05, 0) is 120 Å². The number of rotatable bonds is 3. The number of Topliss-reactive ketones (excluding diaryl/α,β-unsaturated/α-hetero) is 2. The van der Waals surface area contributed by atoms with Crippen molar-refractivity contribution in [1.82, 2.24) is 4.90 Å². The number of ketones is 2. The first-order valence-electron chi connectivity index (χ1n) is 24.4. The normalized spacial score (nSPS) is 43.6. The lowest BCUT2D eigenvalue weighted by Gasteiger charge is -2.47. The molecule has 2 bridgehead atoms. The van der Waals surface area contributed by atoms with Gasteiger partial charge in [0, 0.05) is 36.6 Å². The van der Waals surface area contributed by atoms with Crippen molar-refractivity contribution in [2.75, 3.05) is 13.2 Å². The Bertz CT molecular complexity index is 1730. The lowest BCUT2D eigenvalue weighted by atomic mass is 9.75. The molecule has 2 unspecified atom stereocenters. The highest BCUT2D eigenvalue weighted by Gasteiger charge is 2.72. The smallest absolute Gasteiger partial charge is 0.329 e. The molecule has 4 fully saturated rings. The van der Waals surface area contributed by atoms with Gasteiger partial charge in [0.15, 0.2) is 0 Å². The van der Waals surface area contributed by atoms with E-state index in [-0.39, 0.29) is 73.8 Å². The van der Waals surface area contributed by atoms with E-state index < -0.39 is 59.3 Å². The number of epoxide rings is 1. The van der Waals surface area contributed by atoms with Gasteiger partial charge in [-0.1, -0.05) is 105 Å². The predicted molar refractivity (Wildman–Crippen MR) is 251 cm³/mol. The first kappa shape index (κ1) is 53.7. The average Bonchev–Trinajstić information content (AvgIpc) is 4.07. The van der Waals surface area contributed by atoms with Crippen molar-refractivity contribution in [3.63, 3.8) is 0 Å². The highest BCUT2D eigenvalue weighted by Crippen LogP contribution is 2.51. The number of fused-ring (bicyclic) bond motifs is 4. The summed E-state index contributed by atoms with van der Waals surface area (Å²) in [5, 5.41) is 34.2. The maximum absolute atomic E-state index is 14.8. The van der Waals surface area contributed by atoms with Crippen LogP contribution in [0.1, 0.15) is 154 Å². The van der Waals surface area contributed by atoms with Crippen molar-refractivity contribution in [2.45, 2.75) is 196 Å². The summed E-state index contributed by atoms with van der Waals surface area (Å²) in [6, 6.07) is -0.925. The number of allylic oxidation sites excluding steroid dienone is 7. The van der Waals surface area contributed by atoms with Gasteiger partial charge < -0.3 is 34.4 Å². The molecule has 3 N–H and O–H groups in total. The second-order valence-electron chi connectivity index (χ2n) is 20.9. The van der Waals surface area contributed by atoms with Gasteiger partial charge in [0.1, 0.15) is 23.7 Å². The molecule has 0 radical (unpaired) electrons. The number of hydrogen-bond donors (Lipinski definition) is 3. The molecule has 11 nitrogen and oxygen atoms in total. The van der Waals surface area contributed by atoms with Gasteiger partial charge >= 0.3 is 5.97 Å². The molecule has 64 heavy (non-hydrogen) atoms. The highest BCUT2D eigenvalue weighted by molar-refractivity contribution is 5.93. The molecule has 5 aliphatic rings. The van der Waals surface area contributed by atoms with Gasteiger partial charge in [0.2, 0.25) is 11.4 Å². The first-order chi connectivity index (χ1) is 29.7. The molecule has 5 rings (SSSR count). The summed E-state index contributed by atoms with van der Waals surface area (Å²) in [6.45, 7) is 19.7. The summed E-state index contributed by atoms with van der Waals surface area (Å²) in [5.41, 5.74) is 0.0480. The number of carbonyl (C=O) groups is 4. The van der Waals surface area contributed by atoms with E-state index in [1.165, 1.54) is 4.90 Å². The van der Waals surface area contributed by atoms with Crippen LogP contribution >= 0.6 is 0 Å². The number of hydrogen-bond acceptors (Lipinski definition) is 10. The largest absolute Gasteiger partial charge is 0.460 e. The first-order valence-corrected chi connectivity index (χ1v) is 24.4. The molecule has 1 saturated carbocycles. The van der Waals surface area contributed by atoms with Crippen LogP contribution in [0.4, 0.5) is 0 Å². The average molecular weight is 896 g/mol. The van der Waals surface area contributed by atoms with E-state index >= 15 is 0 Å². The Labute approximate surface area is 385 Å². The summed E-state index contributed by atoms with van der Waals surface area (Å²) in [5.74, 6) is -4.60. The van der Waals surface area contributed by atoms with Crippen molar-refractivity contribution in [3.05, 3.63) is 47.6 Å². The standard InChI is InChI=1S/C52H81NO10.CH4/c1-31-16-12-11-13-17-32(2)33(3)28-42-21-19-39(9)52(60,63-42)51(30-61-51)50(59)53-23-15-14-18-43(53)49(58)62-46(36(6)27-41-20-22-44(54)35(5)26-41)29-45(55)34(4)25-38(8)48(57)40(10)47(56)37(7)24-31;/h11-13,16-17,25,31,33-37,39-44,46,48,54,57,60H,14-15,18-24,26-30H2,1-10H3;1H4/b13-11+,16-12+,32-17+,38-25+;/t31-,33+,34-,35-,36-,37-,39-,40+,41-,42+,43?,44-,46+,48-,51?,52-;/m1./s1. The zero-order chi connectivity index (χ0) is 46.4. The lowest BCUT2D eigenvalue weighted by Crippen LogP contribution is -2.65. The third kappa shape index (κ3) is 12.7. The quantitative estimate of drug-likeness (QED) is 0.142. The van der Waals surface area contributed by atoms with Gasteiger partial charge in [0.05, 0.1) is 24.9 Å². The van der Waals surface area contributed by atoms with Gasteiger partial charge in [-0.15, -0.1) is 0 Å². The summed E-state index contributed by atoms with van der Waals surface area (Å²) in [6.07, 6.45) is 16.8. The number of carbonyl (C=O) groups excluding carboxylic acids is 4. The molecule has 3 saturated heterocycles. The minimum atomic E-state index is -1.89. The number of aliphatic hydroxyl groups excluding tert-OH is 2. The number of nitrogens with zero attached hydrogens (tertiary/aromatic N) is 1. The SMILES string of the molecule is C.C/C1=C\[C@@H](C)C(=O)C[C@@H]([C@H](C)C[C@@H]2CC[C@@H](O)[C@H](C)C2)OC(=O)C2CCCCN2C(=O)C2(CO2)[C@]2(O)O[C@@H](CC[C@H]2C)C[C@H](C)/C(C)=C/C=C/C=C/[C@@H](C)C[C@@H](C)C(=O)[C@H](C)[C@@H]1O. The lowest BCUT2D eigenvalue weighted by molar-refractivity contribution is -0.308. The van der Waals surface area contributed by atoms with E-state index in [2.05, 4.69) is 39.8 Å². The molecule has 0 aromatic carbocycles. The van der Waals surface area contributed by atoms with E-state index in [0.717, 1.165) is 24.8 Å². The minimum absolute atomic E-state index is 0. The number of amides is 1. The van der Waals surface area contributed by atoms with E-state index in [0.29, 0.717) is 69.4 Å². The van der Waals surface area contributed by atoms with Crippen LogP contribution in [0.2, 0.25) is 0 Å². The zero-order valence-corrected chi connectivity index (χ0v) is 40.1. The van der Waals surface area contributed by atoms with Crippen LogP contribution in [0.5, 0.6) is 0 Å². The fourth-order valence-electron chi connectivity index (χ4n) is 10.9. The Morgan fingerprint density at radius 3 is 2.22 bits per heavy atom. The zero-order valence-electron chi connectivity index (χ0n) is 40.1. The molecule has 362 valence electrons. The molecule has 0 aromatic rings. The number of esters is 1. The second kappa shape index (κ2) is 23.2. The Morgan fingerprint density at radius 2 is 1.55 bits per heavy atom. The topological polar surface area (TPSA) is 163 Å². The number of piperidine rings is 1. The van der Waals surface area contributed by atoms with Crippen LogP contribution < -0.4 is 0 Å². The van der Waals surface area contributed by atoms with Crippen molar-refractivity contribution in [2.24, 2.45) is 53.3 Å². The number of aliphatic hydroxyl groups is 3. The molecule has 16 atom stereocenters. The van der Waals surface area contributed by atoms with E-state index in [4.69, 9.17) is 14.2 Å². The maximum Gasteiger partial charge on any atom is 0.329 e. The van der Waals surface area contributed by atoms with Gasteiger partial charge in [0.25, 0.3) is 5.91 Å². The Kier molecular flexibility index (Phi) is 19.4. The fraction of sp³-hybridized carbons (Fsp3) is 0.774. The van der Waals surface area contributed by atoms with Crippen LogP contribution in [-0.2, 0) is 33.4 Å². The van der Waals surface area contributed by atoms with Crippen molar-refractivity contribution in [3.8, 4) is 0 Å². The third-order valence-electron chi connectivity index (χ3n) is 15.6. The van der Waals surface area contributed by atoms with Gasteiger partial charge in [-0.3, -0.25) is 14.4 Å². The van der Waals surface area contributed by atoms with E-state index in [9.17, 15) is 34.5 Å². The van der Waals surface area contributed by atoms with Crippen LogP contribution in [-0.4, -0.2) is 98.7 Å². The molecule has 1 spiro atoms.